The molecule has 1 aromatic carbocycles. The zero-order valence-electron chi connectivity index (χ0n) is 10.7. The van der Waals surface area contributed by atoms with E-state index in [4.69, 9.17) is 5.26 Å². The lowest BCUT2D eigenvalue weighted by Gasteiger charge is -2.06. The first kappa shape index (κ1) is 15.1. The molecule has 0 aliphatic heterocycles. The highest BCUT2D eigenvalue weighted by atomic mass is 79.9. The Morgan fingerprint density at radius 1 is 1.52 bits per heavy atom. The summed E-state index contributed by atoms with van der Waals surface area (Å²) in [5, 5.41) is 24.9. The maximum absolute atomic E-state index is 11.4. The van der Waals surface area contributed by atoms with Crippen molar-refractivity contribution in [3.05, 3.63) is 34.7 Å². The van der Waals surface area contributed by atoms with Crippen LogP contribution in [-0.2, 0) is 9.84 Å². The van der Waals surface area contributed by atoms with Crippen molar-refractivity contribution in [3.8, 4) is 6.07 Å². The van der Waals surface area contributed by atoms with Crippen LogP contribution in [0.4, 0.5) is 5.69 Å². The van der Waals surface area contributed by atoms with Crippen molar-refractivity contribution in [2.75, 3.05) is 11.6 Å². The molecule has 0 saturated heterocycles. The monoisotopic (exact) mass is 368 g/mol. The van der Waals surface area contributed by atoms with Crippen LogP contribution in [0.5, 0.6) is 0 Å². The quantitative estimate of drug-likeness (QED) is 0.779. The lowest BCUT2D eigenvalue weighted by Crippen LogP contribution is -1.99. The first-order chi connectivity index (χ1) is 9.91. The van der Waals surface area contributed by atoms with Gasteiger partial charge in [-0.1, -0.05) is 0 Å². The van der Waals surface area contributed by atoms with Crippen LogP contribution >= 0.6 is 15.9 Å². The summed E-state index contributed by atoms with van der Waals surface area (Å²) in [5.74, 6) is 0.161. The van der Waals surface area contributed by atoms with E-state index < -0.39 is 9.84 Å². The molecular weight excluding hydrogens is 360 g/mol. The van der Waals surface area contributed by atoms with Crippen molar-refractivity contribution in [3.63, 3.8) is 0 Å². The molecule has 0 saturated carbocycles. The molecule has 2 N–H and O–H groups in total. The van der Waals surface area contributed by atoms with Gasteiger partial charge < -0.3 is 5.32 Å². The largest absolute Gasteiger partial charge is 0.359 e. The number of aromatic nitrogens is 4. The van der Waals surface area contributed by atoms with E-state index in [9.17, 15) is 8.42 Å². The lowest BCUT2D eigenvalue weighted by molar-refractivity contribution is 0.602. The molecule has 0 unspecified atom stereocenters. The number of tetrazole rings is 1. The topological polar surface area (TPSA) is 124 Å². The van der Waals surface area contributed by atoms with Crippen LogP contribution < -0.4 is 5.32 Å². The predicted molar refractivity (Wildman–Crippen MR) is 78.6 cm³/mol. The Hall–Kier alpha value is -2.25. The number of aromatic amines is 1. The van der Waals surface area contributed by atoms with Crippen LogP contribution in [0.1, 0.15) is 5.82 Å². The normalized spacial score (nSPS) is 12.0. The summed E-state index contributed by atoms with van der Waals surface area (Å²) in [6.07, 6.45) is 2.54. The van der Waals surface area contributed by atoms with Gasteiger partial charge >= 0.3 is 0 Å². The molecular formula is C11H9BrN6O2S. The summed E-state index contributed by atoms with van der Waals surface area (Å²) < 4.78 is 23.4. The van der Waals surface area contributed by atoms with Gasteiger partial charge in [0.2, 0.25) is 5.82 Å². The van der Waals surface area contributed by atoms with E-state index in [0.29, 0.717) is 10.2 Å². The molecule has 2 aromatic rings. The molecule has 21 heavy (non-hydrogen) atoms. The van der Waals surface area contributed by atoms with Crippen molar-refractivity contribution in [1.82, 2.24) is 20.6 Å². The Kier molecular flexibility index (Phi) is 4.35. The summed E-state index contributed by atoms with van der Waals surface area (Å²) in [5.41, 5.74) is 0.779. The van der Waals surface area contributed by atoms with E-state index in [1.54, 1.807) is 6.07 Å². The maximum Gasteiger partial charge on any atom is 0.216 e. The van der Waals surface area contributed by atoms with Gasteiger partial charge in [-0.3, -0.25) is 0 Å². The number of allylic oxidation sites excluding steroid dienone is 1. The van der Waals surface area contributed by atoms with Crippen LogP contribution in [-0.4, -0.2) is 35.3 Å². The van der Waals surface area contributed by atoms with E-state index in [1.807, 2.05) is 6.07 Å². The van der Waals surface area contributed by atoms with Crippen LogP contribution in [0.3, 0.4) is 0 Å². The molecule has 0 fully saturated rings. The van der Waals surface area contributed by atoms with Crippen molar-refractivity contribution in [2.45, 2.75) is 4.90 Å². The number of hydrogen-bond donors (Lipinski definition) is 2. The van der Waals surface area contributed by atoms with Crippen molar-refractivity contribution >= 4 is 37.0 Å². The lowest BCUT2D eigenvalue weighted by atomic mass is 10.3. The number of halogens is 1. The molecule has 0 amide bonds. The third-order valence-electron chi connectivity index (χ3n) is 2.45. The van der Waals surface area contributed by atoms with Crippen LogP contribution in [0, 0.1) is 11.3 Å². The smallest absolute Gasteiger partial charge is 0.216 e. The highest BCUT2D eigenvalue weighted by Crippen LogP contribution is 2.26. The van der Waals surface area contributed by atoms with E-state index in [0.717, 1.165) is 6.26 Å². The standard InChI is InChI=1S/C11H9BrN6O2S/c1-21(19,20)8-2-3-10(9(12)4-8)14-6-7(5-13)11-15-17-18-16-11/h2-4,6,14H,1H3,(H,15,16,17,18). The fourth-order valence-corrected chi connectivity index (χ4v) is 2.71. The Morgan fingerprint density at radius 3 is 2.81 bits per heavy atom. The van der Waals surface area contributed by atoms with Gasteiger partial charge in [-0.15, -0.1) is 10.2 Å². The highest BCUT2D eigenvalue weighted by molar-refractivity contribution is 9.10. The highest BCUT2D eigenvalue weighted by Gasteiger charge is 2.10. The Balaban J connectivity index is 2.27. The molecule has 0 aliphatic rings. The number of sulfone groups is 1. The molecule has 1 aromatic heterocycles. The summed E-state index contributed by atoms with van der Waals surface area (Å²) in [6.45, 7) is 0. The van der Waals surface area contributed by atoms with Crippen LogP contribution in [0.25, 0.3) is 5.57 Å². The molecule has 0 aliphatic carbocycles. The van der Waals surface area contributed by atoms with Gasteiger partial charge in [0.25, 0.3) is 0 Å². The molecule has 1 heterocycles. The molecule has 8 nitrogen and oxygen atoms in total. The molecule has 0 atom stereocenters. The zero-order chi connectivity index (χ0) is 15.5. The second-order valence-electron chi connectivity index (χ2n) is 3.96. The van der Waals surface area contributed by atoms with Gasteiger partial charge in [0.15, 0.2) is 9.84 Å². The average Bonchev–Trinajstić information content (AvgIpc) is 2.94. The van der Waals surface area contributed by atoms with Gasteiger partial charge in [-0.25, -0.2) is 8.42 Å². The number of H-pyrrole nitrogens is 1. The van der Waals surface area contributed by atoms with Gasteiger partial charge in [0.05, 0.1) is 10.6 Å². The van der Waals surface area contributed by atoms with E-state index in [-0.39, 0.29) is 16.3 Å². The minimum atomic E-state index is -3.27. The summed E-state index contributed by atoms with van der Waals surface area (Å²) in [7, 11) is -3.27. The fourth-order valence-electron chi connectivity index (χ4n) is 1.42. The van der Waals surface area contributed by atoms with Crippen LogP contribution in [0.2, 0.25) is 0 Å². The molecule has 0 bridgehead atoms. The Labute approximate surface area is 128 Å². The summed E-state index contributed by atoms with van der Waals surface area (Å²) in [6, 6.07) is 6.46. The van der Waals surface area contributed by atoms with E-state index in [1.165, 1.54) is 18.3 Å². The summed E-state index contributed by atoms with van der Waals surface area (Å²) >= 11 is 3.27. The number of anilines is 1. The van der Waals surface area contributed by atoms with Gasteiger partial charge in [0.1, 0.15) is 11.6 Å². The third-order valence-corrected chi connectivity index (χ3v) is 4.21. The molecule has 10 heteroatoms. The van der Waals surface area contributed by atoms with Crippen LogP contribution in [0.15, 0.2) is 33.8 Å². The van der Waals surface area contributed by atoms with Gasteiger partial charge in [0, 0.05) is 16.9 Å². The minimum Gasteiger partial charge on any atom is -0.359 e. The minimum absolute atomic E-state index is 0.161. The Morgan fingerprint density at radius 2 is 2.29 bits per heavy atom. The molecule has 0 spiro atoms. The number of rotatable bonds is 4. The molecule has 108 valence electrons. The SMILES string of the molecule is CS(=O)(=O)c1ccc(NC=C(C#N)c2nn[nH]n2)c(Br)c1. The summed E-state index contributed by atoms with van der Waals surface area (Å²) in [4.78, 5) is 0.197. The van der Waals surface area contributed by atoms with Gasteiger partial charge in [-0.2, -0.15) is 10.5 Å². The number of nitrogens with zero attached hydrogens (tertiary/aromatic N) is 4. The van der Waals surface area contributed by atoms with Gasteiger partial charge in [-0.05, 0) is 39.3 Å². The third kappa shape index (κ3) is 3.65. The second kappa shape index (κ2) is 6.02. The number of hydrogen-bond acceptors (Lipinski definition) is 7. The first-order valence-corrected chi connectivity index (χ1v) is 8.20. The molecule has 2 rings (SSSR count). The van der Waals surface area contributed by atoms with Crippen molar-refractivity contribution in [2.24, 2.45) is 0 Å². The van der Waals surface area contributed by atoms with E-state index in [2.05, 4.69) is 41.9 Å². The average molecular weight is 369 g/mol. The van der Waals surface area contributed by atoms with E-state index >= 15 is 0 Å². The fraction of sp³-hybridized carbons (Fsp3) is 0.0909. The number of nitriles is 1. The second-order valence-corrected chi connectivity index (χ2v) is 6.83. The molecule has 0 radical (unpaired) electrons. The van der Waals surface area contributed by atoms with Crippen molar-refractivity contribution in [1.29, 1.82) is 5.26 Å². The number of nitrogens with one attached hydrogen (secondary N) is 2. The first-order valence-electron chi connectivity index (χ1n) is 5.52. The zero-order valence-corrected chi connectivity index (χ0v) is 13.1. The Bertz CT molecular complexity index is 823. The number of benzene rings is 1. The van der Waals surface area contributed by atoms with Crippen molar-refractivity contribution < 1.29 is 8.42 Å². The maximum atomic E-state index is 11.4. The predicted octanol–water partition coefficient (Wildman–Crippen LogP) is 1.34.